The molecule has 0 saturated heterocycles. The van der Waals surface area contributed by atoms with E-state index in [9.17, 15) is 8.42 Å². The van der Waals surface area contributed by atoms with Gasteiger partial charge in [0.05, 0.1) is 5.03 Å². The monoisotopic (exact) mass is 405 g/mol. The molecule has 0 N–H and O–H groups in total. The quantitative estimate of drug-likeness (QED) is 0.512. The first-order valence-corrected chi connectivity index (χ1v) is 10.5. The van der Waals surface area contributed by atoms with Crippen LogP contribution < -0.4 is 0 Å². The number of rotatable bonds is 7. The van der Waals surface area contributed by atoms with E-state index in [1.54, 1.807) is 24.3 Å². The summed E-state index contributed by atoms with van der Waals surface area (Å²) in [5.41, 5.74) is 0.923. The van der Waals surface area contributed by atoms with Crippen molar-refractivity contribution in [2.75, 3.05) is 13.1 Å². The molecule has 0 bridgehead atoms. The van der Waals surface area contributed by atoms with Crippen molar-refractivity contribution in [3.63, 3.8) is 0 Å². The van der Waals surface area contributed by atoms with Crippen molar-refractivity contribution in [1.29, 1.82) is 0 Å². The zero-order valence-electron chi connectivity index (χ0n) is 13.2. The lowest BCUT2D eigenvalue weighted by Gasteiger charge is -2.18. The highest BCUT2D eigenvalue weighted by molar-refractivity contribution is 7.98. The number of halogens is 2. The van der Waals surface area contributed by atoms with E-state index in [0.29, 0.717) is 29.1 Å². The van der Waals surface area contributed by atoms with Gasteiger partial charge in [-0.3, -0.25) is 0 Å². The molecule has 2 rings (SSSR count). The van der Waals surface area contributed by atoms with Crippen LogP contribution in [0.3, 0.4) is 0 Å². The van der Waals surface area contributed by atoms with Crippen LogP contribution in [0.25, 0.3) is 0 Å². The zero-order valence-corrected chi connectivity index (χ0v) is 16.4. The average molecular weight is 406 g/mol. The van der Waals surface area contributed by atoms with Crippen LogP contribution in [0.4, 0.5) is 0 Å². The second-order valence-electron chi connectivity index (χ2n) is 4.83. The van der Waals surface area contributed by atoms with Gasteiger partial charge >= 0.3 is 0 Å². The fraction of sp³-hybridized carbons (Fsp3) is 0.333. The predicted molar refractivity (Wildman–Crippen MR) is 98.2 cm³/mol. The molecule has 130 valence electrons. The fourth-order valence-corrected chi connectivity index (χ4v) is 4.75. The van der Waals surface area contributed by atoms with Crippen LogP contribution in [-0.2, 0) is 15.8 Å². The van der Waals surface area contributed by atoms with Crippen molar-refractivity contribution in [2.45, 2.75) is 29.5 Å². The Bertz CT molecular complexity index is 775. The SMILES string of the molecule is CCN(CC)S(=O)(=O)c1ccc(SCc2cc(Cl)nc(Cl)c2)nc1. The Hall–Kier alpha value is -0.860. The van der Waals surface area contributed by atoms with Crippen molar-refractivity contribution >= 4 is 45.0 Å². The standard InChI is InChI=1S/C15H17Cl2N3O2S2/c1-3-20(4-2)24(21,22)12-5-6-15(18-9-12)23-10-11-7-13(16)19-14(17)8-11/h5-9H,3-4,10H2,1-2H3. The molecule has 0 amide bonds. The van der Waals surface area contributed by atoms with Gasteiger partial charge in [-0.05, 0) is 29.8 Å². The summed E-state index contributed by atoms with van der Waals surface area (Å²) in [4.78, 5) is 8.33. The molecule has 2 heterocycles. The van der Waals surface area contributed by atoms with Gasteiger partial charge in [0.15, 0.2) is 0 Å². The minimum absolute atomic E-state index is 0.200. The van der Waals surface area contributed by atoms with Crippen molar-refractivity contribution in [3.05, 3.63) is 46.3 Å². The van der Waals surface area contributed by atoms with Crippen LogP contribution in [-0.4, -0.2) is 35.8 Å². The molecular formula is C15H17Cl2N3O2S2. The Morgan fingerprint density at radius 3 is 2.25 bits per heavy atom. The minimum atomic E-state index is -3.48. The largest absolute Gasteiger partial charge is 0.249 e. The van der Waals surface area contributed by atoms with Crippen LogP contribution in [0.15, 0.2) is 40.4 Å². The zero-order chi connectivity index (χ0) is 17.7. The number of aromatic nitrogens is 2. The summed E-state index contributed by atoms with van der Waals surface area (Å²) in [6.07, 6.45) is 1.39. The number of sulfonamides is 1. The maximum absolute atomic E-state index is 12.4. The fourth-order valence-electron chi connectivity index (χ4n) is 2.07. The molecule has 9 heteroatoms. The summed E-state index contributed by atoms with van der Waals surface area (Å²) in [5, 5.41) is 1.40. The summed E-state index contributed by atoms with van der Waals surface area (Å²) in [7, 11) is -3.48. The van der Waals surface area contributed by atoms with E-state index in [1.165, 1.54) is 22.3 Å². The van der Waals surface area contributed by atoms with Gasteiger partial charge in [-0.25, -0.2) is 18.4 Å². The van der Waals surface area contributed by atoms with Crippen LogP contribution in [0, 0.1) is 0 Å². The molecule has 0 unspecified atom stereocenters. The first-order valence-electron chi connectivity index (χ1n) is 7.27. The average Bonchev–Trinajstić information content (AvgIpc) is 2.53. The molecule has 0 aliphatic carbocycles. The lowest BCUT2D eigenvalue weighted by atomic mass is 10.3. The molecule has 0 aliphatic heterocycles. The van der Waals surface area contributed by atoms with Crippen LogP contribution in [0.5, 0.6) is 0 Å². The van der Waals surface area contributed by atoms with Gasteiger partial charge in [0, 0.05) is 25.0 Å². The van der Waals surface area contributed by atoms with Gasteiger partial charge < -0.3 is 0 Å². The second-order valence-corrected chi connectivity index (χ2v) is 8.54. The third-order valence-corrected chi connectivity index (χ3v) is 6.70. The minimum Gasteiger partial charge on any atom is -0.249 e. The molecule has 0 aromatic carbocycles. The Kier molecular flexibility index (Phi) is 6.88. The highest BCUT2D eigenvalue weighted by Gasteiger charge is 2.21. The van der Waals surface area contributed by atoms with Crippen molar-refractivity contribution in [2.24, 2.45) is 0 Å². The van der Waals surface area contributed by atoms with E-state index >= 15 is 0 Å². The van der Waals surface area contributed by atoms with Crippen LogP contribution in [0.1, 0.15) is 19.4 Å². The highest BCUT2D eigenvalue weighted by atomic mass is 35.5. The highest BCUT2D eigenvalue weighted by Crippen LogP contribution is 2.25. The molecule has 0 atom stereocenters. The first kappa shape index (κ1) is 19.5. The molecule has 2 aromatic heterocycles. The van der Waals surface area contributed by atoms with Gasteiger partial charge in [0.1, 0.15) is 15.2 Å². The number of hydrogen-bond donors (Lipinski definition) is 0. The maximum Gasteiger partial charge on any atom is 0.244 e. The molecule has 0 fully saturated rings. The van der Waals surface area contributed by atoms with Crippen molar-refractivity contribution in [3.8, 4) is 0 Å². The summed E-state index contributed by atoms with van der Waals surface area (Å²) in [5.74, 6) is 0.608. The normalized spacial score (nSPS) is 11.9. The third-order valence-electron chi connectivity index (χ3n) is 3.26. The van der Waals surface area contributed by atoms with Crippen LogP contribution >= 0.6 is 35.0 Å². The lowest BCUT2D eigenvalue weighted by molar-refractivity contribution is 0.445. The molecule has 5 nitrogen and oxygen atoms in total. The third kappa shape index (κ3) is 4.83. The van der Waals surface area contributed by atoms with Gasteiger partial charge in [0.25, 0.3) is 0 Å². The van der Waals surface area contributed by atoms with Crippen LogP contribution in [0.2, 0.25) is 10.3 Å². The van der Waals surface area contributed by atoms with Gasteiger partial charge in [-0.1, -0.05) is 37.0 Å². The number of nitrogens with zero attached hydrogens (tertiary/aromatic N) is 3. The van der Waals surface area contributed by atoms with Gasteiger partial charge in [-0.2, -0.15) is 4.31 Å². The van der Waals surface area contributed by atoms with Crippen molar-refractivity contribution in [1.82, 2.24) is 14.3 Å². The number of thioether (sulfide) groups is 1. The Labute approximate surface area is 156 Å². The summed E-state index contributed by atoms with van der Waals surface area (Å²) in [6, 6.07) is 6.75. The smallest absolute Gasteiger partial charge is 0.244 e. The molecule has 0 saturated carbocycles. The number of hydrogen-bond acceptors (Lipinski definition) is 5. The summed E-state index contributed by atoms with van der Waals surface area (Å²) < 4.78 is 26.2. The van der Waals surface area contributed by atoms with E-state index in [-0.39, 0.29) is 4.90 Å². The maximum atomic E-state index is 12.4. The summed E-state index contributed by atoms with van der Waals surface area (Å²) in [6.45, 7) is 4.48. The molecule has 24 heavy (non-hydrogen) atoms. The Balaban J connectivity index is 2.09. The van der Waals surface area contributed by atoms with E-state index in [0.717, 1.165) is 10.6 Å². The van der Waals surface area contributed by atoms with E-state index < -0.39 is 10.0 Å². The van der Waals surface area contributed by atoms with E-state index in [1.807, 2.05) is 13.8 Å². The molecule has 0 spiro atoms. The van der Waals surface area contributed by atoms with E-state index in [2.05, 4.69) is 9.97 Å². The number of pyridine rings is 2. The first-order chi connectivity index (χ1) is 11.4. The molecule has 0 aliphatic rings. The Morgan fingerprint density at radius 2 is 1.75 bits per heavy atom. The molecule has 2 aromatic rings. The molecule has 0 radical (unpaired) electrons. The lowest BCUT2D eigenvalue weighted by Crippen LogP contribution is -2.30. The predicted octanol–water partition coefficient (Wildman–Crippen LogP) is 4.11. The molecular weight excluding hydrogens is 389 g/mol. The van der Waals surface area contributed by atoms with Crippen molar-refractivity contribution < 1.29 is 8.42 Å². The topological polar surface area (TPSA) is 63.2 Å². The Morgan fingerprint density at radius 1 is 1.12 bits per heavy atom. The summed E-state index contributed by atoms with van der Waals surface area (Å²) >= 11 is 13.2. The second kappa shape index (κ2) is 8.49. The van der Waals surface area contributed by atoms with E-state index in [4.69, 9.17) is 23.2 Å². The van der Waals surface area contributed by atoms with Gasteiger partial charge in [0.2, 0.25) is 10.0 Å². The van der Waals surface area contributed by atoms with Gasteiger partial charge in [-0.15, -0.1) is 11.8 Å².